The number of hydrogen-bond acceptors (Lipinski definition) is 10. The van der Waals surface area contributed by atoms with Crippen LogP contribution in [-0.4, -0.2) is 117 Å². The number of benzene rings is 4. The van der Waals surface area contributed by atoms with Gasteiger partial charge in [-0.2, -0.15) is 10.2 Å². The first kappa shape index (κ1) is 54.6. The van der Waals surface area contributed by atoms with E-state index in [0.29, 0.717) is 27.3 Å². The number of aliphatic hydroxyl groups excluding tert-OH is 2. The van der Waals surface area contributed by atoms with Crippen LogP contribution in [-0.2, 0) is 18.6 Å². The van der Waals surface area contributed by atoms with Crippen LogP contribution in [0.4, 0.5) is 11.6 Å². The molecule has 0 fully saturated rings. The number of halogens is 2. The summed E-state index contributed by atoms with van der Waals surface area (Å²) in [6.07, 6.45) is 3.54. The van der Waals surface area contributed by atoms with Gasteiger partial charge in [-0.05, 0) is 107 Å². The SMILES string of the molecule is CNc1c(-c2ccc(CN(C)C)c(Cl)c2)c(-c2c[nH]c(C(=O)NC(CO)c3ccccc3)c2)nn1C(C)(C)C.CNc1n[nH]c(-c2c[nH]c(C(=O)NC(CO)c3ccccc3)c2)c1-c1ccc(CN(C)C)c(Cl)c1. The fourth-order valence-corrected chi connectivity index (χ4v) is 9.09. The van der Waals surface area contributed by atoms with Crippen molar-refractivity contribution < 1.29 is 19.8 Å². The fourth-order valence-electron chi connectivity index (χ4n) is 8.61. The van der Waals surface area contributed by atoms with Gasteiger partial charge >= 0.3 is 0 Å². The molecule has 0 aliphatic carbocycles. The third-order valence-corrected chi connectivity index (χ3v) is 12.9. The van der Waals surface area contributed by atoms with Crippen LogP contribution in [0.1, 0.15) is 76.1 Å². The van der Waals surface area contributed by atoms with Crippen molar-refractivity contribution in [1.29, 1.82) is 0 Å². The number of carbonyl (C=O) groups is 2. The highest BCUT2D eigenvalue weighted by Crippen LogP contribution is 2.42. The van der Waals surface area contributed by atoms with Gasteiger partial charge in [-0.25, -0.2) is 4.68 Å². The molecule has 2 unspecified atom stereocenters. The van der Waals surface area contributed by atoms with Gasteiger partial charge in [-0.3, -0.25) is 14.7 Å². The van der Waals surface area contributed by atoms with Crippen molar-refractivity contribution in [2.75, 3.05) is 66.1 Å². The monoisotopic (exact) mass is 1040 g/mol. The standard InChI is InChI=1S/C30H37ClN6O2.C26H29ClN6O2/c1-30(2,3)37-28(32-4)26(20-12-13-21(17-36(5)6)23(31)14-20)27(35-37)22-15-24(33-16-22)29(39)34-25(18-38)19-10-8-7-9-11-19;1-28-25-23(17-9-10-18(14-33(2)3)20(27)11-17)24(31-32-25)19-12-21(29-13-19)26(35)30-22(15-34)16-7-5-4-6-8-16/h7-16,25,32-33,38H,17-18H2,1-6H3,(H,34,39);4-13,22,29,34H,14-15H2,1-3H3,(H,30,35)(H2,28,31,32). The van der Waals surface area contributed by atoms with Crippen LogP contribution in [0.2, 0.25) is 10.0 Å². The van der Waals surface area contributed by atoms with Gasteiger partial charge in [0, 0.05) is 60.8 Å². The first-order chi connectivity index (χ1) is 35.4. The van der Waals surface area contributed by atoms with Gasteiger partial charge in [-0.1, -0.05) is 108 Å². The van der Waals surface area contributed by atoms with E-state index in [-0.39, 0.29) is 30.6 Å². The third-order valence-electron chi connectivity index (χ3n) is 12.2. The number of nitrogens with zero attached hydrogens (tertiary/aromatic N) is 5. The lowest BCUT2D eigenvalue weighted by Crippen LogP contribution is -2.30. The highest BCUT2D eigenvalue weighted by molar-refractivity contribution is 6.32. The summed E-state index contributed by atoms with van der Waals surface area (Å²) in [5, 5.41) is 45.8. The van der Waals surface area contributed by atoms with Crippen LogP contribution in [0.3, 0.4) is 0 Å². The zero-order chi connectivity index (χ0) is 53.3. The quantitative estimate of drug-likeness (QED) is 0.0398. The van der Waals surface area contributed by atoms with E-state index in [0.717, 1.165) is 85.9 Å². The fraction of sp³-hybridized carbons (Fsp3) is 0.286. The smallest absolute Gasteiger partial charge is 0.268 e. The number of anilines is 2. The Hall–Kier alpha value is -7.18. The van der Waals surface area contributed by atoms with Gasteiger partial charge in [0.1, 0.15) is 22.9 Å². The van der Waals surface area contributed by atoms with Gasteiger partial charge in [0.2, 0.25) is 0 Å². The molecule has 2 amide bonds. The lowest BCUT2D eigenvalue weighted by atomic mass is 10.00. The van der Waals surface area contributed by atoms with Crippen molar-refractivity contribution in [1.82, 2.24) is 50.4 Å². The maximum Gasteiger partial charge on any atom is 0.268 e. The molecule has 4 aromatic heterocycles. The molecule has 0 radical (unpaired) electrons. The van der Waals surface area contributed by atoms with Gasteiger partial charge in [0.15, 0.2) is 5.82 Å². The van der Waals surface area contributed by atoms with Crippen molar-refractivity contribution in [3.8, 4) is 44.8 Å². The summed E-state index contributed by atoms with van der Waals surface area (Å²) in [7, 11) is 11.7. The maximum absolute atomic E-state index is 13.1. The Morgan fingerprint density at radius 3 is 1.55 bits per heavy atom. The normalized spacial score (nSPS) is 12.3. The first-order valence-corrected chi connectivity index (χ1v) is 24.9. The molecule has 18 heteroatoms. The number of nitrogens with one attached hydrogen (secondary N) is 7. The Morgan fingerprint density at radius 2 is 1.12 bits per heavy atom. The number of aromatic amines is 3. The number of hydrogen-bond donors (Lipinski definition) is 9. The molecule has 4 aromatic carbocycles. The van der Waals surface area contributed by atoms with Gasteiger partial charge < -0.3 is 51.2 Å². The molecule has 8 aromatic rings. The highest BCUT2D eigenvalue weighted by Gasteiger charge is 2.28. The molecule has 0 saturated heterocycles. The molecule has 0 aliphatic rings. The van der Waals surface area contributed by atoms with Crippen LogP contribution in [0, 0.1) is 0 Å². The molecule has 0 saturated carbocycles. The lowest BCUT2D eigenvalue weighted by Gasteiger charge is -2.22. The Balaban J connectivity index is 0.000000217. The first-order valence-electron chi connectivity index (χ1n) is 24.2. The molecule has 2 atom stereocenters. The summed E-state index contributed by atoms with van der Waals surface area (Å²) >= 11 is 13.3. The van der Waals surface area contributed by atoms with E-state index < -0.39 is 12.1 Å². The van der Waals surface area contributed by atoms with Crippen molar-refractivity contribution in [2.24, 2.45) is 0 Å². The number of aromatic nitrogens is 6. The lowest BCUT2D eigenvalue weighted by molar-refractivity contribution is 0.0905. The second-order valence-electron chi connectivity index (χ2n) is 19.4. The topological polar surface area (TPSA) is 207 Å². The second kappa shape index (κ2) is 24.2. The molecule has 8 rings (SSSR count). The summed E-state index contributed by atoms with van der Waals surface area (Å²) in [6, 6.07) is 33.3. The van der Waals surface area contributed by atoms with Gasteiger partial charge in [0.25, 0.3) is 11.8 Å². The molecule has 16 nitrogen and oxygen atoms in total. The minimum Gasteiger partial charge on any atom is -0.394 e. The maximum atomic E-state index is 13.1. The summed E-state index contributed by atoms with van der Waals surface area (Å²) in [4.78, 5) is 36.3. The number of amides is 2. The predicted molar refractivity (Wildman–Crippen MR) is 298 cm³/mol. The third kappa shape index (κ3) is 12.8. The number of aliphatic hydroxyl groups is 2. The van der Waals surface area contributed by atoms with E-state index in [9.17, 15) is 19.8 Å². The predicted octanol–water partition coefficient (Wildman–Crippen LogP) is 9.81. The molecule has 0 bridgehead atoms. The summed E-state index contributed by atoms with van der Waals surface area (Å²) in [5.41, 5.74) is 10.8. The van der Waals surface area contributed by atoms with Crippen molar-refractivity contribution in [3.05, 3.63) is 165 Å². The number of rotatable bonds is 18. The Morgan fingerprint density at radius 1 is 0.649 bits per heavy atom. The van der Waals surface area contributed by atoms with Crippen LogP contribution < -0.4 is 21.3 Å². The molecular weight excluding hydrogens is 976 g/mol. The van der Waals surface area contributed by atoms with Crippen molar-refractivity contribution >= 4 is 46.7 Å². The van der Waals surface area contributed by atoms with E-state index in [1.807, 2.05) is 131 Å². The van der Waals surface area contributed by atoms with E-state index in [2.05, 4.69) is 78.1 Å². The Bertz CT molecular complexity index is 3150. The van der Waals surface area contributed by atoms with Crippen LogP contribution in [0.25, 0.3) is 44.8 Å². The molecule has 0 spiro atoms. The van der Waals surface area contributed by atoms with Crippen LogP contribution in [0.5, 0.6) is 0 Å². The molecule has 9 N–H and O–H groups in total. The zero-order valence-corrected chi connectivity index (χ0v) is 44.7. The van der Waals surface area contributed by atoms with Crippen molar-refractivity contribution in [3.63, 3.8) is 0 Å². The van der Waals surface area contributed by atoms with Crippen molar-refractivity contribution in [2.45, 2.75) is 51.5 Å². The minimum atomic E-state index is -0.514. The number of H-pyrrole nitrogens is 3. The van der Waals surface area contributed by atoms with Gasteiger partial charge in [0.05, 0.1) is 47.7 Å². The molecule has 0 aliphatic heterocycles. The molecule has 74 heavy (non-hydrogen) atoms. The van der Waals surface area contributed by atoms with Crippen LogP contribution in [0.15, 0.2) is 122 Å². The summed E-state index contributed by atoms with van der Waals surface area (Å²) < 4.78 is 1.96. The summed E-state index contributed by atoms with van der Waals surface area (Å²) in [5.74, 6) is 0.898. The highest BCUT2D eigenvalue weighted by atomic mass is 35.5. The zero-order valence-electron chi connectivity index (χ0n) is 43.2. The molecule has 4 heterocycles. The Labute approximate surface area is 442 Å². The minimum absolute atomic E-state index is 0.204. The van der Waals surface area contributed by atoms with Gasteiger partial charge in [-0.15, -0.1) is 0 Å². The van der Waals surface area contributed by atoms with E-state index in [1.54, 1.807) is 31.6 Å². The number of carbonyl (C=O) groups excluding carboxylic acids is 2. The average molecular weight is 1040 g/mol. The van der Waals surface area contributed by atoms with Crippen LogP contribution >= 0.6 is 23.2 Å². The largest absolute Gasteiger partial charge is 0.394 e. The molecule has 388 valence electrons. The Kier molecular flexibility index (Phi) is 17.9. The molecular formula is C56H66Cl2N12O4. The van der Waals surface area contributed by atoms with E-state index >= 15 is 0 Å². The van der Waals surface area contributed by atoms with E-state index in [4.69, 9.17) is 28.3 Å². The average Bonchev–Trinajstić information content (AvgIpc) is 4.22. The van der Waals surface area contributed by atoms with E-state index in [1.165, 1.54) is 0 Å². The summed E-state index contributed by atoms with van der Waals surface area (Å²) in [6.45, 7) is 7.34. The second-order valence-corrected chi connectivity index (χ2v) is 20.2.